The highest BCUT2D eigenvalue weighted by Gasteiger charge is 2.17. The Morgan fingerprint density at radius 1 is 0.926 bits per heavy atom. The molecule has 1 aliphatic rings. The van der Waals surface area contributed by atoms with Gasteiger partial charge in [-0.15, -0.1) is 0 Å². The maximum absolute atomic E-state index is 6.04. The Labute approximate surface area is 163 Å². The second kappa shape index (κ2) is 9.57. The molecule has 0 saturated carbocycles. The van der Waals surface area contributed by atoms with Crippen LogP contribution in [-0.2, 0) is 19.4 Å². The number of ether oxygens (including phenoxy) is 1. The lowest BCUT2D eigenvalue weighted by molar-refractivity contribution is 0.305. The monoisotopic (exact) mass is 361 g/mol. The van der Waals surface area contributed by atoms with E-state index in [-0.39, 0.29) is 0 Å². The van der Waals surface area contributed by atoms with Gasteiger partial charge in [-0.1, -0.05) is 62.7 Å². The molecule has 4 rings (SSSR count). The molecule has 2 nitrogen and oxygen atoms in total. The molecular formula is C25H31NO. The van der Waals surface area contributed by atoms with E-state index in [1.165, 1.54) is 40.3 Å². The molecule has 0 aliphatic heterocycles. The molecule has 3 aromatic rings. The minimum atomic E-state index is 0.601. The zero-order chi connectivity index (χ0) is 19.1. The van der Waals surface area contributed by atoms with Gasteiger partial charge in [0.15, 0.2) is 0 Å². The van der Waals surface area contributed by atoms with E-state index < -0.39 is 0 Å². The molecule has 1 unspecified atom stereocenters. The number of hydrogen-bond donors (Lipinski definition) is 1. The third kappa shape index (κ3) is 5.11. The average molecular weight is 362 g/mol. The van der Waals surface area contributed by atoms with Crippen LogP contribution in [0.4, 0.5) is 0 Å². The van der Waals surface area contributed by atoms with Gasteiger partial charge >= 0.3 is 0 Å². The minimum absolute atomic E-state index is 0.601. The van der Waals surface area contributed by atoms with Crippen molar-refractivity contribution in [3.8, 4) is 5.75 Å². The molecule has 0 amide bonds. The van der Waals surface area contributed by atoms with E-state index in [1.807, 2.05) is 0 Å². The van der Waals surface area contributed by atoms with Crippen LogP contribution in [0.15, 0.2) is 60.7 Å². The van der Waals surface area contributed by atoms with Gasteiger partial charge in [0.05, 0.1) is 0 Å². The molecule has 0 heterocycles. The summed E-state index contributed by atoms with van der Waals surface area (Å²) in [6.07, 6.45) is 4.68. The first-order chi connectivity index (χ1) is 13.2. The number of aryl methyl sites for hydroxylation is 1. The van der Waals surface area contributed by atoms with Crippen molar-refractivity contribution < 1.29 is 4.74 Å². The number of fused-ring (bicyclic) bond motifs is 2. The van der Waals surface area contributed by atoms with Gasteiger partial charge in [-0.05, 0) is 77.4 Å². The highest BCUT2D eigenvalue weighted by atomic mass is 16.5. The van der Waals surface area contributed by atoms with E-state index >= 15 is 0 Å². The van der Waals surface area contributed by atoms with Crippen molar-refractivity contribution >= 4 is 10.8 Å². The maximum Gasteiger partial charge on any atom is 0.120 e. The maximum atomic E-state index is 6.04. The van der Waals surface area contributed by atoms with Crippen molar-refractivity contribution in [2.45, 2.75) is 46.1 Å². The molecule has 0 aromatic heterocycles. The Hall–Kier alpha value is -2.32. The topological polar surface area (TPSA) is 35.2 Å². The quantitative estimate of drug-likeness (QED) is 0.628. The second-order valence-electron chi connectivity index (χ2n) is 7.45. The summed E-state index contributed by atoms with van der Waals surface area (Å²) in [4.78, 5) is 0. The van der Waals surface area contributed by atoms with Crippen molar-refractivity contribution in [3.63, 3.8) is 0 Å². The Bertz CT molecular complexity index is 871. The summed E-state index contributed by atoms with van der Waals surface area (Å²) >= 11 is 0. The third-order valence-electron chi connectivity index (χ3n) is 5.06. The summed E-state index contributed by atoms with van der Waals surface area (Å²) in [5, 5.41) is 2.53. The molecule has 2 heteroatoms. The Kier molecular flexibility index (Phi) is 6.89. The number of rotatable bonds is 4. The standard InChI is InChI=1S/C22H23NO.C3H8/c23-14-16-5-7-19-9-10-22(13-21(19)11-16)24-15-17-6-8-18-3-1-2-4-20(18)12-17;1-3-2/h1-4,6,8-10,12-13,16H,5,7,11,14-15,23H2;3H2,1-2H3. The number of nitrogens with two attached hydrogens (primary N) is 1. The SMILES string of the molecule is CCC.NCC1CCc2ccc(OCc3ccc4ccccc4c3)cc2C1. The Morgan fingerprint density at radius 2 is 1.70 bits per heavy atom. The Balaban J connectivity index is 0.000000659. The van der Waals surface area contributed by atoms with Gasteiger partial charge in [0.25, 0.3) is 0 Å². The fourth-order valence-electron chi connectivity index (χ4n) is 3.60. The summed E-state index contributed by atoms with van der Waals surface area (Å²) in [6, 6.07) is 21.5. The lowest BCUT2D eigenvalue weighted by Crippen LogP contribution is -2.22. The van der Waals surface area contributed by atoms with E-state index in [2.05, 4.69) is 74.5 Å². The third-order valence-corrected chi connectivity index (χ3v) is 5.06. The second-order valence-corrected chi connectivity index (χ2v) is 7.45. The van der Waals surface area contributed by atoms with Gasteiger partial charge in [0.2, 0.25) is 0 Å². The largest absolute Gasteiger partial charge is 0.489 e. The van der Waals surface area contributed by atoms with Crippen molar-refractivity contribution in [2.75, 3.05) is 6.54 Å². The van der Waals surface area contributed by atoms with Gasteiger partial charge in [0, 0.05) is 0 Å². The summed E-state index contributed by atoms with van der Waals surface area (Å²) < 4.78 is 6.04. The fourth-order valence-corrected chi connectivity index (χ4v) is 3.60. The van der Waals surface area contributed by atoms with Crippen molar-refractivity contribution in [1.82, 2.24) is 0 Å². The summed E-state index contributed by atoms with van der Waals surface area (Å²) in [6.45, 7) is 5.63. The first kappa shape index (κ1) is 19.4. The van der Waals surface area contributed by atoms with E-state index in [4.69, 9.17) is 10.5 Å². The van der Waals surface area contributed by atoms with Crippen LogP contribution in [0.1, 0.15) is 43.4 Å². The highest BCUT2D eigenvalue weighted by Crippen LogP contribution is 2.28. The molecule has 3 aromatic carbocycles. The van der Waals surface area contributed by atoms with Crippen LogP contribution in [0, 0.1) is 5.92 Å². The predicted octanol–water partition coefficient (Wildman–Crippen LogP) is 5.90. The van der Waals surface area contributed by atoms with Gasteiger partial charge < -0.3 is 10.5 Å². The Morgan fingerprint density at radius 3 is 2.48 bits per heavy atom. The van der Waals surface area contributed by atoms with Gasteiger partial charge in [-0.2, -0.15) is 0 Å². The van der Waals surface area contributed by atoms with Gasteiger partial charge in [-0.25, -0.2) is 0 Å². The molecule has 0 radical (unpaired) electrons. The van der Waals surface area contributed by atoms with E-state index in [0.717, 1.165) is 25.1 Å². The molecule has 27 heavy (non-hydrogen) atoms. The van der Waals surface area contributed by atoms with Gasteiger partial charge in [0.1, 0.15) is 12.4 Å². The summed E-state index contributed by atoms with van der Waals surface area (Å²) in [5.74, 6) is 1.58. The van der Waals surface area contributed by atoms with Crippen LogP contribution in [0.3, 0.4) is 0 Å². The molecule has 1 atom stereocenters. The minimum Gasteiger partial charge on any atom is -0.489 e. The lowest BCUT2D eigenvalue weighted by atomic mass is 9.84. The fraction of sp³-hybridized carbons (Fsp3) is 0.360. The van der Waals surface area contributed by atoms with Crippen LogP contribution in [0.5, 0.6) is 5.75 Å². The zero-order valence-electron chi connectivity index (χ0n) is 16.6. The predicted molar refractivity (Wildman–Crippen MR) is 115 cm³/mol. The lowest BCUT2D eigenvalue weighted by Gasteiger charge is -2.23. The first-order valence-corrected chi connectivity index (χ1v) is 10.2. The smallest absolute Gasteiger partial charge is 0.120 e. The van der Waals surface area contributed by atoms with Crippen LogP contribution >= 0.6 is 0 Å². The number of benzene rings is 3. The van der Waals surface area contributed by atoms with E-state index in [0.29, 0.717) is 12.5 Å². The van der Waals surface area contributed by atoms with E-state index in [9.17, 15) is 0 Å². The normalized spacial score (nSPS) is 15.6. The molecule has 0 saturated heterocycles. The van der Waals surface area contributed by atoms with Crippen molar-refractivity contribution in [2.24, 2.45) is 11.7 Å². The molecule has 0 bridgehead atoms. The summed E-state index contributed by atoms with van der Waals surface area (Å²) in [5.41, 5.74) is 9.91. The van der Waals surface area contributed by atoms with Crippen molar-refractivity contribution in [3.05, 3.63) is 77.4 Å². The van der Waals surface area contributed by atoms with Crippen LogP contribution in [0.2, 0.25) is 0 Å². The number of hydrogen-bond acceptors (Lipinski definition) is 2. The molecule has 1 aliphatic carbocycles. The molecule has 0 fully saturated rings. The van der Waals surface area contributed by atoms with Crippen LogP contribution in [-0.4, -0.2) is 6.54 Å². The summed E-state index contributed by atoms with van der Waals surface area (Å²) in [7, 11) is 0. The van der Waals surface area contributed by atoms with E-state index in [1.54, 1.807) is 0 Å². The highest BCUT2D eigenvalue weighted by molar-refractivity contribution is 5.82. The van der Waals surface area contributed by atoms with Crippen LogP contribution in [0.25, 0.3) is 10.8 Å². The van der Waals surface area contributed by atoms with Gasteiger partial charge in [-0.3, -0.25) is 0 Å². The average Bonchev–Trinajstić information content (AvgIpc) is 2.72. The molecule has 142 valence electrons. The van der Waals surface area contributed by atoms with Crippen molar-refractivity contribution in [1.29, 1.82) is 0 Å². The molecule has 0 spiro atoms. The molecule has 2 N–H and O–H groups in total. The zero-order valence-corrected chi connectivity index (χ0v) is 16.6. The van der Waals surface area contributed by atoms with Crippen LogP contribution < -0.4 is 10.5 Å². The molecular weight excluding hydrogens is 330 g/mol. The first-order valence-electron chi connectivity index (χ1n) is 10.2.